The molecule has 1 heterocycles. The lowest BCUT2D eigenvalue weighted by Crippen LogP contribution is -2.16. The number of aromatic nitrogens is 2. The third-order valence-corrected chi connectivity index (χ3v) is 3.11. The van der Waals surface area contributed by atoms with Crippen molar-refractivity contribution < 1.29 is 0 Å². The molecule has 5 heteroatoms. The van der Waals surface area contributed by atoms with E-state index in [4.69, 9.17) is 5.26 Å². The molecule has 1 aromatic heterocycles. The van der Waals surface area contributed by atoms with Crippen molar-refractivity contribution in [3.05, 3.63) is 41.6 Å². The minimum absolute atomic E-state index is 0.321. The Morgan fingerprint density at radius 2 is 2.10 bits per heavy atom. The molecule has 1 atom stereocenters. The Kier molecular flexibility index (Phi) is 4.72. The van der Waals surface area contributed by atoms with Gasteiger partial charge in [0.25, 0.3) is 0 Å². The predicted octanol–water partition coefficient (Wildman–Crippen LogP) is 3.61. The van der Waals surface area contributed by atoms with E-state index in [1.807, 2.05) is 25.1 Å². The Morgan fingerprint density at radius 3 is 2.81 bits per heavy atom. The van der Waals surface area contributed by atoms with Gasteiger partial charge in [0.15, 0.2) is 0 Å². The zero-order chi connectivity index (χ0) is 15.2. The number of rotatable bonds is 5. The number of aryl methyl sites for hydroxylation is 1. The highest BCUT2D eigenvalue weighted by Gasteiger charge is 2.05. The van der Waals surface area contributed by atoms with Crippen LogP contribution in [0.5, 0.6) is 0 Å². The van der Waals surface area contributed by atoms with Crippen molar-refractivity contribution in [1.29, 1.82) is 5.26 Å². The molecular formula is C16H19N5. The summed E-state index contributed by atoms with van der Waals surface area (Å²) in [4.78, 5) is 8.84. The summed E-state index contributed by atoms with van der Waals surface area (Å²) in [7, 11) is 0. The topological polar surface area (TPSA) is 73.6 Å². The van der Waals surface area contributed by atoms with E-state index in [-0.39, 0.29) is 0 Å². The van der Waals surface area contributed by atoms with Gasteiger partial charge in [0.2, 0.25) is 5.95 Å². The molecule has 2 aromatic rings. The van der Waals surface area contributed by atoms with Gasteiger partial charge in [-0.3, -0.25) is 0 Å². The van der Waals surface area contributed by atoms with E-state index in [2.05, 4.69) is 40.5 Å². The molecule has 0 aliphatic carbocycles. The van der Waals surface area contributed by atoms with E-state index in [0.29, 0.717) is 23.4 Å². The van der Waals surface area contributed by atoms with Crippen molar-refractivity contribution >= 4 is 17.5 Å². The fourth-order valence-corrected chi connectivity index (χ4v) is 1.83. The molecular weight excluding hydrogens is 262 g/mol. The van der Waals surface area contributed by atoms with Crippen LogP contribution in [0.4, 0.5) is 17.5 Å². The van der Waals surface area contributed by atoms with Crippen LogP contribution in [0, 0.1) is 18.3 Å². The Hall–Kier alpha value is -2.61. The Morgan fingerprint density at radius 1 is 1.29 bits per heavy atom. The molecule has 108 valence electrons. The van der Waals surface area contributed by atoms with Crippen LogP contribution in [0.15, 0.2) is 30.3 Å². The summed E-state index contributed by atoms with van der Waals surface area (Å²) < 4.78 is 0. The minimum atomic E-state index is 0.321. The van der Waals surface area contributed by atoms with Crippen molar-refractivity contribution in [1.82, 2.24) is 9.97 Å². The molecule has 2 N–H and O–H groups in total. The summed E-state index contributed by atoms with van der Waals surface area (Å²) in [6, 6.07) is 11.6. The molecule has 0 radical (unpaired) electrons. The van der Waals surface area contributed by atoms with Gasteiger partial charge in [0.05, 0.1) is 11.6 Å². The third-order valence-electron chi connectivity index (χ3n) is 3.11. The highest BCUT2D eigenvalue weighted by Crippen LogP contribution is 2.18. The summed E-state index contributed by atoms with van der Waals surface area (Å²) in [6.45, 7) is 6.13. The molecule has 0 aliphatic heterocycles. The summed E-state index contributed by atoms with van der Waals surface area (Å²) in [5.41, 5.74) is 2.33. The van der Waals surface area contributed by atoms with Gasteiger partial charge in [-0.15, -0.1) is 0 Å². The Balaban J connectivity index is 2.21. The van der Waals surface area contributed by atoms with E-state index >= 15 is 0 Å². The first-order chi connectivity index (χ1) is 10.1. The largest absolute Gasteiger partial charge is 0.352 e. The van der Waals surface area contributed by atoms with E-state index in [1.165, 1.54) is 0 Å². The number of hydrogen-bond donors (Lipinski definition) is 2. The fraction of sp³-hybridized carbons (Fsp3) is 0.312. The maximum Gasteiger partial charge on any atom is 0.225 e. The second kappa shape index (κ2) is 6.71. The van der Waals surface area contributed by atoms with Crippen molar-refractivity contribution in [3.63, 3.8) is 0 Å². The second-order valence-electron chi connectivity index (χ2n) is 4.99. The Bertz CT molecular complexity index is 660. The smallest absolute Gasteiger partial charge is 0.225 e. The van der Waals surface area contributed by atoms with E-state index in [9.17, 15) is 0 Å². The van der Waals surface area contributed by atoms with Crippen LogP contribution in [0.1, 0.15) is 31.5 Å². The van der Waals surface area contributed by atoms with Gasteiger partial charge in [0.1, 0.15) is 5.82 Å². The zero-order valence-corrected chi connectivity index (χ0v) is 12.5. The van der Waals surface area contributed by atoms with Crippen molar-refractivity contribution in [2.45, 2.75) is 33.2 Å². The summed E-state index contributed by atoms with van der Waals surface area (Å²) >= 11 is 0. The summed E-state index contributed by atoms with van der Waals surface area (Å²) in [5.74, 6) is 1.33. The molecule has 0 aliphatic rings. The van der Waals surface area contributed by atoms with E-state index in [1.54, 1.807) is 12.1 Å². The maximum absolute atomic E-state index is 8.93. The van der Waals surface area contributed by atoms with Gasteiger partial charge >= 0.3 is 0 Å². The van der Waals surface area contributed by atoms with Gasteiger partial charge in [-0.25, -0.2) is 4.98 Å². The summed E-state index contributed by atoms with van der Waals surface area (Å²) in [6.07, 6.45) is 1.00. The van der Waals surface area contributed by atoms with Gasteiger partial charge in [-0.05, 0) is 38.5 Å². The first kappa shape index (κ1) is 14.8. The normalized spacial score (nSPS) is 11.5. The third kappa shape index (κ3) is 4.18. The number of anilines is 3. The summed E-state index contributed by atoms with van der Waals surface area (Å²) in [5, 5.41) is 15.4. The molecule has 1 unspecified atom stereocenters. The monoisotopic (exact) mass is 281 g/mol. The van der Waals surface area contributed by atoms with Crippen LogP contribution in [-0.2, 0) is 0 Å². The second-order valence-corrected chi connectivity index (χ2v) is 4.99. The number of nitrogens with zero attached hydrogens (tertiary/aromatic N) is 3. The van der Waals surface area contributed by atoms with E-state index in [0.717, 1.165) is 17.8 Å². The zero-order valence-electron chi connectivity index (χ0n) is 12.5. The molecule has 21 heavy (non-hydrogen) atoms. The number of benzene rings is 1. The highest BCUT2D eigenvalue weighted by atomic mass is 15.2. The Labute approximate surface area is 125 Å². The highest BCUT2D eigenvalue weighted by molar-refractivity contribution is 5.59. The van der Waals surface area contributed by atoms with Crippen molar-refractivity contribution in [2.75, 3.05) is 10.6 Å². The van der Waals surface area contributed by atoms with Crippen molar-refractivity contribution in [2.24, 2.45) is 0 Å². The average molecular weight is 281 g/mol. The lowest BCUT2D eigenvalue weighted by atomic mass is 10.2. The standard InChI is InChI=1S/C16H19N5/c1-4-11(2)18-16-19-12(3)8-15(21-16)20-14-7-5-6-13(9-14)10-17/h5-9,11H,4H2,1-3H3,(H2,18,19,20,21). The molecule has 1 aromatic carbocycles. The number of hydrogen-bond acceptors (Lipinski definition) is 5. The quantitative estimate of drug-likeness (QED) is 0.875. The molecule has 0 saturated heterocycles. The van der Waals surface area contributed by atoms with Crippen LogP contribution in [0.25, 0.3) is 0 Å². The molecule has 2 rings (SSSR count). The van der Waals surface area contributed by atoms with Gasteiger partial charge in [0, 0.05) is 23.5 Å². The molecule has 0 bridgehead atoms. The first-order valence-electron chi connectivity index (χ1n) is 7.00. The maximum atomic E-state index is 8.93. The molecule has 0 spiro atoms. The predicted molar refractivity (Wildman–Crippen MR) is 84.6 cm³/mol. The number of nitriles is 1. The number of nitrogens with one attached hydrogen (secondary N) is 2. The van der Waals surface area contributed by atoms with Crippen LogP contribution in [-0.4, -0.2) is 16.0 Å². The first-order valence-corrected chi connectivity index (χ1v) is 7.00. The van der Waals surface area contributed by atoms with E-state index < -0.39 is 0 Å². The van der Waals surface area contributed by atoms with Crippen LogP contribution >= 0.6 is 0 Å². The van der Waals surface area contributed by atoms with Crippen LogP contribution in [0.3, 0.4) is 0 Å². The molecule has 0 fully saturated rings. The lowest BCUT2D eigenvalue weighted by Gasteiger charge is -2.13. The SMILES string of the molecule is CCC(C)Nc1nc(C)cc(Nc2cccc(C#N)c2)n1. The van der Waals surface area contributed by atoms with Gasteiger partial charge < -0.3 is 10.6 Å². The fourth-order valence-electron chi connectivity index (χ4n) is 1.83. The van der Waals surface area contributed by atoms with Gasteiger partial charge in [-0.1, -0.05) is 13.0 Å². The van der Waals surface area contributed by atoms with Crippen LogP contribution < -0.4 is 10.6 Å². The molecule has 5 nitrogen and oxygen atoms in total. The van der Waals surface area contributed by atoms with Gasteiger partial charge in [-0.2, -0.15) is 10.2 Å². The molecule has 0 saturated carbocycles. The average Bonchev–Trinajstić information content (AvgIpc) is 2.46. The minimum Gasteiger partial charge on any atom is -0.352 e. The molecule has 0 amide bonds. The van der Waals surface area contributed by atoms with Crippen molar-refractivity contribution in [3.8, 4) is 6.07 Å². The lowest BCUT2D eigenvalue weighted by molar-refractivity contribution is 0.752. The van der Waals surface area contributed by atoms with Crippen LogP contribution in [0.2, 0.25) is 0 Å².